The van der Waals surface area contributed by atoms with Crippen LogP contribution >= 0.6 is 35.1 Å². The fraction of sp³-hybridized carbons (Fsp3) is 0.182. The van der Waals surface area contributed by atoms with Crippen molar-refractivity contribution in [2.24, 2.45) is 5.11 Å². The Hall–Kier alpha value is -1.27. The lowest BCUT2D eigenvalue weighted by Gasteiger charge is -2.10. The van der Waals surface area contributed by atoms with Gasteiger partial charge in [-0.2, -0.15) is 0 Å². The predicted octanol–water partition coefficient (Wildman–Crippen LogP) is 4.72. The number of thioether (sulfide) groups is 2. The van der Waals surface area contributed by atoms with E-state index in [4.69, 9.17) is 17.1 Å². The SMILES string of the molecule is [N-]=[N+]=NC(=O)N1CSC(SCc2ccccc2)=C1Cl. The van der Waals surface area contributed by atoms with Crippen molar-refractivity contribution in [3.05, 3.63) is 55.7 Å². The van der Waals surface area contributed by atoms with E-state index in [9.17, 15) is 4.79 Å². The Kier molecular flexibility index (Phi) is 5.04. The first-order chi connectivity index (χ1) is 9.22. The highest BCUT2D eigenvalue weighted by Crippen LogP contribution is 2.42. The summed E-state index contributed by atoms with van der Waals surface area (Å²) in [6.07, 6.45) is 0. The van der Waals surface area contributed by atoms with Crippen LogP contribution in [0.25, 0.3) is 10.4 Å². The van der Waals surface area contributed by atoms with Gasteiger partial charge < -0.3 is 0 Å². The van der Waals surface area contributed by atoms with Gasteiger partial charge in [0, 0.05) is 15.8 Å². The van der Waals surface area contributed by atoms with Crippen molar-refractivity contribution < 1.29 is 4.79 Å². The molecule has 19 heavy (non-hydrogen) atoms. The molecule has 0 atom stereocenters. The van der Waals surface area contributed by atoms with Crippen LogP contribution in [-0.2, 0) is 5.75 Å². The molecule has 0 aromatic heterocycles. The normalized spacial score (nSPS) is 14.5. The van der Waals surface area contributed by atoms with E-state index in [-0.39, 0.29) is 0 Å². The Morgan fingerprint density at radius 1 is 1.53 bits per heavy atom. The predicted molar refractivity (Wildman–Crippen MR) is 79.5 cm³/mol. The quantitative estimate of drug-likeness (QED) is 0.351. The number of rotatable bonds is 3. The number of carbonyl (C=O) groups is 1. The molecule has 1 aromatic rings. The minimum absolute atomic E-state index is 0.336. The number of urea groups is 1. The Labute approximate surface area is 123 Å². The molecule has 0 radical (unpaired) electrons. The fourth-order valence-corrected chi connectivity index (χ4v) is 4.04. The van der Waals surface area contributed by atoms with Gasteiger partial charge in [0.15, 0.2) is 0 Å². The second kappa shape index (κ2) is 6.77. The molecular weight excluding hydrogens is 304 g/mol. The largest absolute Gasteiger partial charge is 0.316 e. The number of hydrogen-bond acceptors (Lipinski definition) is 3. The number of halogens is 1. The first-order valence-corrected chi connectivity index (χ1v) is 7.63. The van der Waals surface area contributed by atoms with Gasteiger partial charge in [0.25, 0.3) is 0 Å². The standard InChI is InChI=1S/C11H9ClN4OS2/c12-9-10(18-6-8-4-2-1-3-5-8)19-7-16(9)11(17)14-15-13/h1-5H,6-7H2. The van der Waals surface area contributed by atoms with Crippen LogP contribution in [0.4, 0.5) is 4.79 Å². The third kappa shape index (κ3) is 3.61. The fourth-order valence-electron chi connectivity index (χ4n) is 1.41. The van der Waals surface area contributed by atoms with E-state index >= 15 is 0 Å². The van der Waals surface area contributed by atoms with Gasteiger partial charge in [-0.1, -0.05) is 53.7 Å². The molecule has 0 N–H and O–H groups in total. The molecular formula is C11H9ClN4OS2. The summed E-state index contributed by atoms with van der Waals surface area (Å²) >= 11 is 9.13. The van der Waals surface area contributed by atoms with E-state index in [1.54, 1.807) is 11.8 Å². The van der Waals surface area contributed by atoms with E-state index in [0.717, 1.165) is 9.99 Å². The van der Waals surface area contributed by atoms with Crippen LogP contribution in [0.5, 0.6) is 0 Å². The highest BCUT2D eigenvalue weighted by molar-refractivity contribution is 8.22. The number of amides is 2. The molecule has 1 aromatic carbocycles. The first-order valence-electron chi connectivity index (χ1n) is 5.28. The smallest absolute Gasteiger partial charge is 0.285 e. The van der Waals surface area contributed by atoms with E-state index in [0.29, 0.717) is 11.0 Å². The zero-order valence-electron chi connectivity index (χ0n) is 9.69. The lowest BCUT2D eigenvalue weighted by Crippen LogP contribution is -2.21. The molecule has 0 saturated heterocycles. The van der Waals surface area contributed by atoms with E-state index in [1.807, 2.05) is 30.3 Å². The Balaban J connectivity index is 2.01. The van der Waals surface area contributed by atoms with Gasteiger partial charge in [0.2, 0.25) is 0 Å². The van der Waals surface area contributed by atoms with Gasteiger partial charge in [-0.3, -0.25) is 9.69 Å². The van der Waals surface area contributed by atoms with Crippen LogP contribution in [0.15, 0.2) is 44.8 Å². The summed E-state index contributed by atoms with van der Waals surface area (Å²) in [6, 6.07) is 9.31. The molecule has 5 nitrogen and oxygen atoms in total. The van der Waals surface area contributed by atoms with Crippen LogP contribution in [0.2, 0.25) is 0 Å². The van der Waals surface area contributed by atoms with Crippen molar-refractivity contribution in [1.82, 2.24) is 4.90 Å². The maximum Gasteiger partial charge on any atom is 0.316 e. The molecule has 1 aliphatic rings. The molecule has 0 spiro atoms. The topological polar surface area (TPSA) is 69.1 Å². The third-order valence-electron chi connectivity index (χ3n) is 2.30. The van der Waals surface area contributed by atoms with Crippen LogP contribution < -0.4 is 0 Å². The average Bonchev–Trinajstić information content (AvgIpc) is 2.79. The van der Waals surface area contributed by atoms with Gasteiger partial charge >= 0.3 is 6.03 Å². The number of azide groups is 1. The van der Waals surface area contributed by atoms with Crippen molar-refractivity contribution in [2.75, 3.05) is 5.88 Å². The summed E-state index contributed by atoms with van der Waals surface area (Å²) in [6.45, 7) is 0. The molecule has 0 unspecified atom stereocenters. The Morgan fingerprint density at radius 3 is 2.95 bits per heavy atom. The zero-order valence-corrected chi connectivity index (χ0v) is 12.1. The van der Waals surface area contributed by atoms with Crippen LogP contribution in [0.3, 0.4) is 0 Å². The van der Waals surface area contributed by atoms with Gasteiger partial charge in [0.1, 0.15) is 5.16 Å². The van der Waals surface area contributed by atoms with Crippen molar-refractivity contribution in [3.63, 3.8) is 0 Å². The Morgan fingerprint density at radius 2 is 2.26 bits per heavy atom. The molecule has 0 aliphatic carbocycles. The van der Waals surface area contributed by atoms with Crippen molar-refractivity contribution in [1.29, 1.82) is 0 Å². The van der Waals surface area contributed by atoms with Crippen molar-refractivity contribution in [3.8, 4) is 0 Å². The lowest BCUT2D eigenvalue weighted by atomic mass is 10.2. The molecule has 98 valence electrons. The second-order valence-electron chi connectivity index (χ2n) is 3.53. The van der Waals surface area contributed by atoms with Gasteiger partial charge in [-0.15, -0.1) is 11.8 Å². The average molecular weight is 313 g/mol. The van der Waals surface area contributed by atoms with Gasteiger partial charge in [0.05, 0.1) is 10.1 Å². The zero-order chi connectivity index (χ0) is 13.7. The highest BCUT2D eigenvalue weighted by atomic mass is 35.5. The summed E-state index contributed by atoms with van der Waals surface area (Å²) in [5.74, 6) is 1.16. The lowest BCUT2D eigenvalue weighted by molar-refractivity contribution is 0.229. The number of nitrogens with zero attached hydrogens (tertiary/aromatic N) is 4. The van der Waals surface area contributed by atoms with Crippen LogP contribution in [0, 0.1) is 0 Å². The van der Waals surface area contributed by atoms with E-state index < -0.39 is 6.03 Å². The van der Waals surface area contributed by atoms with Crippen LogP contribution in [-0.4, -0.2) is 16.8 Å². The maximum atomic E-state index is 11.4. The van der Waals surface area contributed by atoms with Crippen molar-refractivity contribution in [2.45, 2.75) is 5.75 Å². The Bertz CT molecular complexity index is 557. The maximum absolute atomic E-state index is 11.4. The number of carbonyl (C=O) groups excluding carboxylic acids is 1. The molecule has 0 fully saturated rings. The van der Waals surface area contributed by atoms with Gasteiger partial charge in [-0.05, 0) is 11.1 Å². The molecule has 0 bridgehead atoms. The number of hydrogen-bond donors (Lipinski definition) is 0. The molecule has 2 amide bonds. The molecule has 8 heteroatoms. The first kappa shape index (κ1) is 14.1. The summed E-state index contributed by atoms with van der Waals surface area (Å²) in [7, 11) is 0. The third-order valence-corrected chi connectivity index (χ3v) is 5.40. The monoisotopic (exact) mass is 312 g/mol. The highest BCUT2D eigenvalue weighted by Gasteiger charge is 2.26. The summed E-state index contributed by atoms with van der Waals surface area (Å²) < 4.78 is 0.868. The van der Waals surface area contributed by atoms with Crippen molar-refractivity contribution >= 4 is 41.2 Å². The van der Waals surface area contributed by atoms with E-state index in [2.05, 4.69) is 10.0 Å². The summed E-state index contributed by atoms with van der Waals surface area (Å²) in [4.78, 5) is 15.2. The molecule has 2 rings (SSSR count). The minimum Gasteiger partial charge on any atom is -0.285 e. The van der Waals surface area contributed by atoms with Crippen LogP contribution in [0.1, 0.15) is 5.56 Å². The summed E-state index contributed by atoms with van der Waals surface area (Å²) in [5, 5.41) is 3.37. The number of benzene rings is 1. The molecule has 0 saturated carbocycles. The second-order valence-corrected chi connectivity index (χ2v) is 6.08. The van der Waals surface area contributed by atoms with Gasteiger partial charge in [-0.25, -0.2) is 0 Å². The molecule has 1 heterocycles. The summed E-state index contributed by atoms with van der Waals surface area (Å²) in [5.41, 5.74) is 9.43. The van der Waals surface area contributed by atoms with E-state index in [1.165, 1.54) is 22.2 Å². The molecule has 1 aliphatic heterocycles. The minimum atomic E-state index is -0.671.